The van der Waals surface area contributed by atoms with E-state index in [1.807, 2.05) is 11.9 Å². The van der Waals surface area contributed by atoms with Crippen molar-refractivity contribution in [2.24, 2.45) is 17.8 Å². The third kappa shape index (κ3) is 4.97. The van der Waals surface area contributed by atoms with Gasteiger partial charge >= 0.3 is 0 Å². The van der Waals surface area contributed by atoms with E-state index in [-0.39, 0.29) is 5.91 Å². The van der Waals surface area contributed by atoms with Crippen LogP contribution in [0.25, 0.3) is 0 Å². The Labute approximate surface area is 113 Å². The van der Waals surface area contributed by atoms with Gasteiger partial charge in [-0.1, -0.05) is 27.7 Å². The van der Waals surface area contributed by atoms with Gasteiger partial charge in [-0.25, -0.2) is 0 Å². The maximum atomic E-state index is 12.0. The van der Waals surface area contributed by atoms with Crippen molar-refractivity contribution in [3.63, 3.8) is 0 Å². The topological polar surface area (TPSA) is 23.6 Å². The van der Waals surface area contributed by atoms with Crippen LogP contribution in [0.2, 0.25) is 0 Å². The second-order valence-electron chi connectivity index (χ2n) is 6.53. The fourth-order valence-corrected chi connectivity index (χ4v) is 2.74. The van der Waals surface area contributed by atoms with Gasteiger partial charge in [0.05, 0.1) is 6.54 Å². The molecule has 0 atom stereocenters. The van der Waals surface area contributed by atoms with Gasteiger partial charge in [0.25, 0.3) is 0 Å². The number of nitrogens with zero attached hydrogens (tertiary/aromatic N) is 2. The molecule has 106 valence electrons. The number of carbonyl (C=O) groups excluding carboxylic acids is 1. The van der Waals surface area contributed by atoms with Gasteiger partial charge < -0.3 is 4.90 Å². The van der Waals surface area contributed by atoms with Gasteiger partial charge in [0.1, 0.15) is 0 Å². The third-order valence-corrected chi connectivity index (χ3v) is 4.00. The van der Waals surface area contributed by atoms with E-state index in [1.165, 1.54) is 12.8 Å². The molecule has 1 fully saturated rings. The van der Waals surface area contributed by atoms with Gasteiger partial charge in [-0.2, -0.15) is 0 Å². The van der Waals surface area contributed by atoms with Crippen LogP contribution in [0.1, 0.15) is 40.5 Å². The van der Waals surface area contributed by atoms with E-state index in [2.05, 4.69) is 32.6 Å². The van der Waals surface area contributed by atoms with Crippen LogP contribution in [-0.2, 0) is 4.79 Å². The van der Waals surface area contributed by atoms with Gasteiger partial charge in [0.15, 0.2) is 0 Å². The van der Waals surface area contributed by atoms with Crippen molar-refractivity contribution in [2.45, 2.75) is 40.5 Å². The van der Waals surface area contributed by atoms with Gasteiger partial charge in [0.2, 0.25) is 5.91 Å². The first-order valence-electron chi connectivity index (χ1n) is 7.36. The average molecular weight is 254 g/mol. The summed E-state index contributed by atoms with van der Waals surface area (Å²) < 4.78 is 0. The van der Waals surface area contributed by atoms with Crippen LogP contribution in [0.3, 0.4) is 0 Å². The fourth-order valence-electron chi connectivity index (χ4n) is 2.74. The van der Waals surface area contributed by atoms with Gasteiger partial charge in [-0.15, -0.1) is 0 Å². The van der Waals surface area contributed by atoms with Crippen molar-refractivity contribution < 1.29 is 4.79 Å². The highest BCUT2D eigenvalue weighted by atomic mass is 16.2. The number of rotatable bonds is 5. The van der Waals surface area contributed by atoms with E-state index in [1.54, 1.807) is 0 Å². The Hall–Kier alpha value is -0.570. The summed E-state index contributed by atoms with van der Waals surface area (Å²) in [7, 11) is 1.92. The standard InChI is InChI=1S/C15H30N2O/c1-12(2)10-16(5)15(18)11-17-8-6-14(7-9-17)13(3)4/h12-14H,6-11H2,1-5H3. The number of hydrogen-bond acceptors (Lipinski definition) is 2. The largest absolute Gasteiger partial charge is 0.344 e. The van der Waals surface area contributed by atoms with E-state index < -0.39 is 0 Å². The summed E-state index contributed by atoms with van der Waals surface area (Å²) in [5.74, 6) is 2.45. The molecule has 0 saturated carbocycles. The Balaban J connectivity index is 2.30. The molecular weight excluding hydrogens is 224 g/mol. The highest BCUT2D eigenvalue weighted by Gasteiger charge is 2.23. The molecule has 1 heterocycles. The van der Waals surface area contributed by atoms with Crippen molar-refractivity contribution in [2.75, 3.05) is 33.2 Å². The smallest absolute Gasteiger partial charge is 0.236 e. The lowest BCUT2D eigenvalue weighted by atomic mass is 9.87. The minimum Gasteiger partial charge on any atom is -0.344 e. The molecule has 1 rings (SSSR count). The third-order valence-electron chi connectivity index (χ3n) is 4.00. The Kier molecular flexibility index (Phi) is 6.13. The molecular formula is C15H30N2O. The minimum absolute atomic E-state index is 0.270. The van der Waals surface area contributed by atoms with Gasteiger partial charge in [-0.3, -0.25) is 9.69 Å². The average Bonchev–Trinajstić information content (AvgIpc) is 2.28. The summed E-state index contributed by atoms with van der Waals surface area (Å²) >= 11 is 0. The Morgan fingerprint density at radius 2 is 1.78 bits per heavy atom. The highest BCUT2D eigenvalue weighted by Crippen LogP contribution is 2.24. The van der Waals surface area contributed by atoms with E-state index in [4.69, 9.17) is 0 Å². The lowest BCUT2D eigenvalue weighted by molar-refractivity contribution is -0.132. The predicted molar refractivity (Wildman–Crippen MR) is 76.5 cm³/mol. The Bertz CT molecular complexity index is 255. The summed E-state index contributed by atoms with van der Waals surface area (Å²) in [5, 5.41) is 0. The molecule has 0 aromatic carbocycles. The molecule has 18 heavy (non-hydrogen) atoms. The predicted octanol–water partition coefficient (Wildman–Crippen LogP) is 2.47. The van der Waals surface area contributed by atoms with Crippen molar-refractivity contribution in [1.29, 1.82) is 0 Å². The lowest BCUT2D eigenvalue weighted by Crippen LogP contribution is -2.43. The normalized spacial score (nSPS) is 18.6. The Morgan fingerprint density at radius 1 is 1.22 bits per heavy atom. The molecule has 0 bridgehead atoms. The molecule has 0 aromatic heterocycles. The zero-order valence-electron chi connectivity index (χ0n) is 12.8. The molecule has 1 aliphatic heterocycles. The van der Waals surface area contributed by atoms with Crippen molar-refractivity contribution in [1.82, 2.24) is 9.80 Å². The molecule has 0 spiro atoms. The monoisotopic (exact) mass is 254 g/mol. The van der Waals surface area contributed by atoms with Crippen LogP contribution in [0.4, 0.5) is 0 Å². The van der Waals surface area contributed by atoms with E-state index in [0.717, 1.165) is 31.5 Å². The second kappa shape index (κ2) is 7.13. The van der Waals surface area contributed by atoms with Gasteiger partial charge in [-0.05, 0) is 43.7 Å². The summed E-state index contributed by atoms with van der Waals surface area (Å²) in [5.41, 5.74) is 0. The lowest BCUT2D eigenvalue weighted by Gasteiger charge is -2.34. The molecule has 1 aliphatic rings. The second-order valence-corrected chi connectivity index (χ2v) is 6.53. The van der Waals surface area contributed by atoms with Crippen LogP contribution >= 0.6 is 0 Å². The van der Waals surface area contributed by atoms with E-state index in [0.29, 0.717) is 12.5 Å². The Morgan fingerprint density at radius 3 is 2.22 bits per heavy atom. The van der Waals surface area contributed by atoms with Crippen LogP contribution in [0.5, 0.6) is 0 Å². The molecule has 0 unspecified atom stereocenters. The quantitative estimate of drug-likeness (QED) is 0.752. The summed E-state index contributed by atoms with van der Waals surface area (Å²) in [6, 6.07) is 0. The first kappa shape index (κ1) is 15.5. The van der Waals surface area contributed by atoms with Crippen molar-refractivity contribution in [3.8, 4) is 0 Å². The number of likely N-dealkylation sites (tertiary alicyclic amines) is 1. The summed E-state index contributed by atoms with van der Waals surface area (Å²) in [6.07, 6.45) is 2.50. The van der Waals surface area contributed by atoms with Crippen molar-refractivity contribution >= 4 is 5.91 Å². The fraction of sp³-hybridized carbons (Fsp3) is 0.933. The molecule has 1 saturated heterocycles. The molecule has 0 radical (unpaired) electrons. The first-order valence-corrected chi connectivity index (χ1v) is 7.36. The molecule has 0 aromatic rings. The number of amides is 1. The van der Waals surface area contributed by atoms with Crippen LogP contribution in [0.15, 0.2) is 0 Å². The van der Waals surface area contributed by atoms with E-state index >= 15 is 0 Å². The molecule has 0 N–H and O–H groups in total. The molecule has 1 amide bonds. The molecule has 3 heteroatoms. The van der Waals surface area contributed by atoms with Crippen molar-refractivity contribution in [3.05, 3.63) is 0 Å². The highest BCUT2D eigenvalue weighted by molar-refractivity contribution is 5.78. The summed E-state index contributed by atoms with van der Waals surface area (Å²) in [4.78, 5) is 16.2. The van der Waals surface area contributed by atoms with E-state index in [9.17, 15) is 4.79 Å². The SMILES string of the molecule is CC(C)CN(C)C(=O)CN1CCC(C(C)C)CC1. The van der Waals surface area contributed by atoms with Gasteiger partial charge in [0, 0.05) is 13.6 Å². The summed E-state index contributed by atoms with van der Waals surface area (Å²) in [6.45, 7) is 12.6. The zero-order valence-corrected chi connectivity index (χ0v) is 12.8. The maximum Gasteiger partial charge on any atom is 0.236 e. The number of carbonyl (C=O) groups is 1. The maximum absolute atomic E-state index is 12.0. The molecule has 3 nitrogen and oxygen atoms in total. The minimum atomic E-state index is 0.270. The zero-order chi connectivity index (χ0) is 13.7. The molecule has 0 aliphatic carbocycles. The van der Waals surface area contributed by atoms with Crippen LogP contribution in [-0.4, -0.2) is 48.9 Å². The number of hydrogen-bond donors (Lipinski definition) is 0. The van der Waals surface area contributed by atoms with Crippen LogP contribution < -0.4 is 0 Å². The van der Waals surface area contributed by atoms with Crippen LogP contribution in [0, 0.1) is 17.8 Å². The number of likely N-dealkylation sites (N-methyl/N-ethyl adjacent to an activating group) is 1. The number of piperidine rings is 1. The first-order chi connectivity index (χ1) is 8.40.